The number of carboxylic acid groups (broad SMARTS) is 1. The zero-order chi connectivity index (χ0) is 13.6. The number of ether oxygens (including phenoxy) is 1. The molecule has 1 heterocycles. The summed E-state index contributed by atoms with van der Waals surface area (Å²) in [5.41, 5.74) is 0.632. The van der Waals surface area contributed by atoms with Crippen LogP contribution in [0.15, 0.2) is 18.2 Å². The van der Waals surface area contributed by atoms with Crippen molar-refractivity contribution < 1.29 is 19.4 Å². The Balaban J connectivity index is 2.06. The quantitative estimate of drug-likeness (QED) is 0.877. The van der Waals surface area contributed by atoms with Crippen molar-refractivity contribution in [2.24, 2.45) is 0 Å². The lowest BCUT2D eigenvalue weighted by molar-refractivity contribution is -0.147. The molecule has 19 heavy (non-hydrogen) atoms. The van der Waals surface area contributed by atoms with Gasteiger partial charge in [-0.05, 0) is 30.5 Å². The van der Waals surface area contributed by atoms with E-state index in [4.69, 9.17) is 4.74 Å². The highest BCUT2D eigenvalue weighted by molar-refractivity contribution is 5.97. The first-order chi connectivity index (χ1) is 9.04. The van der Waals surface area contributed by atoms with Crippen molar-refractivity contribution in [3.63, 3.8) is 0 Å². The standard InChI is InChI=1S/C14H15NO4/c1-15-10-7-9(14(13(17)18)5-2-6-14)3-4-11(10)19-8-12(15)16/h3-4,7H,2,5-6,8H2,1H3,(H,17,18). The van der Waals surface area contributed by atoms with Gasteiger partial charge in [0.15, 0.2) is 6.61 Å². The fourth-order valence-electron chi connectivity index (χ4n) is 2.73. The van der Waals surface area contributed by atoms with Crippen LogP contribution >= 0.6 is 0 Å². The molecule has 1 N–H and O–H groups in total. The summed E-state index contributed by atoms with van der Waals surface area (Å²) in [7, 11) is 1.68. The maximum absolute atomic E-state index is 11.6. The van der Waals surface area contributed by atoms with Gasteiger partial charge in [0.05, 0.1) is 11.1 Å². The van der Waals surface area contributed by atoms with Crippen molar-refractivity contribution >= 4 is 17.6 Å². The van der Waals surface area contributed by atoms with Gasteiger partial charge >= 0.3 is 5.97 Å². The van der Waals surface area contributed by atoms with Gasteiger partial charge in [0.25, 0.3) is 5.91 Å². The first kappa shape index (κ1) is 12.0. The number of carboxylic acids is 1. The molecule has 1 aliphatic heterocycles. The lowest BCUT2D eigenvalue weighted by Crippen LogP contribution is -2.43. The molecule has 1 saturated carbocycles. The van der Waals surface area contributed by atoms with Gasteiger partial charge < -0.3 is 14.7 Å². The molecule has 1 aromatic rings. The Morgan fingerprint density at radius 3 is 2.74 bits per heavy atom. The van der Waals surface area contributed by atoms with Gasteiger partial charge in [0.1, 0.15) is 5.75 Å². The maximum atomic E-state index is 11.6. The number of benzene rings is 1. The molecular weight excluding hydrogens is 246 g/mol. The van der Waals surface area contributed by atoms with Crippen LogP contribution in [0.3, 0.4) is 0 Å². The summed E-state index contributed by atoms with van der Waals surface area (Å²) >= 11 is 0. The van der Waals surface area contributed by atoms with Crippen molar-refractivity contribution in [1.29, 1.82) is 0 Å². The predicted molar refractivity (Wildman–Crippen MR) is 68.5 cm³/mol. The molecule has 1 aromatic carbocycles. The normalized spacial score (nSPS) is 20.3. The minimum absolute atomic E-state index is 0.0346. The Kier molecular flexibility index (Phi) is 2.52. The average Bonchev–Trinajstić information content (AvgIpc) is 2.32. The van der Waals surface area contributed by atoms with Gasteiger partial charge in [-0.2, -0.15) is 0 Å². The first-order valence-electron chi connectivity index (χ1n) is 6.32. The van der Waals surface area contributed by atoms with Crippen LogP contribution in [0, 0.1) is 0 Å². The van der Waals surface area contributed by atoms with Crippen molar-refractivity contribution in [1.82, 2.24) is 0 Å². The maximum Gasteiger partial charge on any atom is 0.314 e. The Morgan fingerprint density at radius 2 is 2.16 bits per heavy atom. The number of anilines is 1. The third-order valence-corrected chi connectivity index (χ3v) is 4.21. The summed E-state index contributed by atoms with van der Waals surface area (Å²) in [4.78, 5) is 24.7. The number of hydrogen-bond acceptors (Lipinski definition) is 3. The number of carbonyl (C=O) groups excluding carboxylic acids is 1. The van der Waals surface area contributed by atoms with E-state index in [0.29, 0.717) is 24.3 Å². The van der Waals surface area contributed by atoms with Gasteiger partial charge in [-0.25, -0.2) is 0 Å². The van der Waals surface area contributed by atoms with E-state index in [1.165, 1.54) is 4.90 Å². The summed E-state index contributed by atoms with van der Waals surface area (Å²) in [6.07, 6.45) is 2.23. The third kappa shape index (κ3) is 1.61. The van der Waals surface area contributed by atoms with E-state index in [1.54, 1.807) is 25.2 Å². The van der Waals surface area contributed by atoms with Crippen molar-refractivity contribution in [2.75, 3.05) is 18.6 Å². The Labute approximate surface area is 110 Å². The van der Waals surface area contributed by atoms with E-state index in [-0.39, 0.29) is 12.5 Å². The van der Waals surface area contributed by atoms with Crippen LogP contribution < -0.4 is 9.64 Å². The largest absolute Gasteiger partial charge is 0.482 e. The second-order valence-electron chi connectivity index (χ2n) is 5.16. The monoisotopic (exact) mass is 261 g/mol. The van der Waals surface area contributed by atoms with Crippen LogP contribution in [0.25, 0.3) is 0 Å². The smallest absolute Gasteiger partial charge is 0.314 e. The zero-order valence-corrected chi connectivity index (χ0v) is 10.7. The SMILES string of the molecule is CN1C(=O)COc2ccc(C3(C(=O)O)CCC3)cc21. The number of rotatable bonds is 2. The van der Waals surface area contributed by atoms with E-state index in [9.17, 15) is 14.7 Å². The summed E-state index contributed by atoms with van der Waals surface area (Å²) in [5.74, 6) is -0.280. The summed E-state index contributed by atoms with van der Waals surface area (Å²) in [5, 5.41) is 9.45. The molecule has 3 rings (SSSR count). The molecule has 0 bridgehead atoms. The van der Waals surface area contributed by atoms with Crippen molar-refractivity contribution in [2.45, 2.75) is 24.7 Å². The van der Waals surface area contributed by atoms with E-state index in [2.05, 4.69) is 0 Å². The van der Waals surface area contributed by atoms with Crippen LogP contribution in [0.2, 0.25) is 0 Å². The molecule has 5 nitrogen and oxygen atoms in total. The fraction of sp³-hybridized carbons (Fsp3) is 0.429. The Morgan fingerprint density at radius 1 is 1.42 bits per heavy atom. The minimum atomic E-state index is -0.788. The molecule has 1 amide bonds. The molecule has 0 aromatic heterocycles. The van der Waals surface area contributed by atoms with Crippen molar-refractivity contribution in [3.8, 4) is 5.75 Å². The number of fused-ring (bicyclic) bond motifs is 1. The van der Waals surface area contributed by atoms with Crippen molar-refractivity contribution in [3.05, 3.63) is 23.8 Å². The summed E-state index contributed by atoms with van der Waals surface area (Å²) in [6, 6.07) is 5.34. The highest BCUT2D eigenvalue weighted by Gasteiger charge is 2.46. The van der Waals surface area contributed by atoms with E-state index >= 15 is 0 Å². The number of aliphatic carboxylic acids is 1. The summed E-state index contributed by atoms with van der Waals surface area (Å²) < 4.78 is 5.35. The molecule has 2 aliphatic rings. The minimum Gasteiger partial charge on any atom is -0.482 e. The second-order valence-corrected chi connectivity index (χ2v) is 5.16. The van der Waals surface area contributed by atoms with Crippen LogP contribution in [-0.4, -0.2) is 30.6 Å². The molecule has 1 fully saturated rings. The highest BCUT2D eigenvalue weighted by atomic mass is 16.5. The lowest BCUT2D eigenvalue weighted by Gasteiger charge is -2.39. The highest BCUT2D eigenvalue weighted by Crippen LogP contribution is 2.46. The molecular formula is C14H15NO4. The molecule has 0 radical (unpaired) electrons. The number of hydrogen-bond donors (Lipinski definition) is 1. The van der Waals surface area contributed by atoms with Gasteiger partial charge in [0.2, 0.25) is 0 Å². The van der Waals surface area contributed by atoms with E-state index in [0.717, 1.165) is 12.0 Å². The van der Waals surface area contributed by atoms with Gasteiger partial charge in [-0.15, -0.1) is 0 Å². The predicted octanol–water partition coefficient (Wildman–Crippen LogP) is 1.55. The topological polar surface area (TPSA) is 66.8 Å². The van der Waals surface area contributed by atoms with Crippen LogP contribution in [0.4, 0.5) is 5.69 Å². The van der Waals surface area contributed by atoms with Gasteiger partial charge in [0, 0.05) is 7.05 Å². The summed E-state index contributed by atoms with van der Waals surface area (Å²) in [6.45, 7) is 0.0346. The number of carbonyl (C=O) groups is 2. The number of amides is 1. The lowest BCUT2D eigenvalue weighted by atomic mass is 9.64. The molecule has 0 spiro atoms. The van der Waals surface area contributed by atoms with E-state index < -0.39 is 11.4 Å². The van der Waals surface area contributed by atoms with Crippen LogP contribution in [-0.2, 0) is 15.0 Å². The van der Waals surface area contributed by atoms with Crippen LogP contribution in [0.5, 0.6) is 5.75 Å². The molecule has 1 aliphatic carbocycles. The van der Waals surface area contributed by atoms with Gasteiger partial charge in [-0.1, -0.05) is 12.5 Å². The Hall–Kier alpha value is -2.04. The molecule has 0 saturated heterocycles. The average molecular weight is 261 g/mol. The molecule has 5 heteroatoms. The zero-order valence-electron chi connectivity index (χ0n) is 10.7. The van der Waals surface area contributed by atoms with E-state index in [1.807, 2.05) is 0 Å². The Bertz CT molecular complexity index is 563. The fourth-order valence-corrected chi connectivity index (χ4v) is 2.73. The molecule has 100 valence electrons. The molecule has 0 unspecified atom stereocenters. The third-order valence-electron chi connectivity index (χ3n) is 4.21. The first-order valence-corrected chi connectivity index (χ1v) is 6.32. The molecule has 0 atom stereocenters. The number of nitrogens with zero attached hydrogens (tertiary/aromatic N) is 1. The number of likely N-dealkylation sites (N-methyl/N-ethyl adjacent to an activating group) is 1. The second kappa shape index (κ2) is 3.98. The van der Waals surface area contributed by atoms with Gasteiger partial charge in [-0.3, -0.25) is 9.59 Å². The van der Waals surface area contributed by atoms with Crippen LogP contribution in [0.1, 0.15) is 24.8 Å².